The zero-order chi connectivity index (χ0) is 19.7. The van der Waals surface area contributed by atoms with Crippen molar-refractivity contribution in [2.45, 2.75) is 32.9 Å². The van der Waals surface area contributed by atoms with E-state index in [1.807, 2.05) is 61.5 Å². The van der Waals surface area contributed by atoms with E-state index in [9.17, 15) is 4.79 Å². The van der Waals surface area contributed by atoms with Gasteiger partial charge in [0, 0.05) is 17.7 Å². The van der Waals surface area contributed by atoms with Gasteiger partial charge in [-0.2, -0.15) is 0 Å². The predicted octanol–water partition coefficient (Wildman–Crippen LogP) is 4.76. The van der Waals surface area contributed by atoms with Gasteiger partial charge in [0.05, 0.1) is 17.1 Å². The van der Waals surface area contributed by atoms with E-state index in [2.05, 4.69) is 28.9 Å². The van der Waals surface area contributed by atoms with Gasteiger partial charge in [0.2, 0.25) is 0 Å². The van der Waals surface area contributed by atoms with Crippen LogP contribution in [0.1, 0.15) is 49.2 Å². The number of nitrogens with zero attached hydrogens (tertiary/aromatic N) is 3. The Morgan fingerprint density at radius 2 is 1.75 bits per heavy atom. The van der Waals surface area contributed by atoms with Crippen molar-refractivity contribution >= 4 is 16.9 Å². The average Bonchev–Trinajstić information content (AvgIpc) is 3.34. The summed E-state index contributed by atoms with van der Waals surface area (Å²) in [6, 6.07) is 19.2. The number of fused-ring (bicyclic) bond motifs is 1. The molecule has 0 spiro atoms. The normalized spacial score (nSPS) is 12.4. The van der Waals surface area contributed by atoms with E-state index in [-0.39, 0.29) is 23.7 Å². The molecule has 4 aromatic rings. The number of carbonyl (C=O) groups excluding carboxylic acids is 1. The minimum Gasteiger partial charge on any atom is -0.355 e. The van der Waals surface area contributed by atoms with Gasteiger partial charge in [-0.3, -0.25) is 4.79 Å². The highest BCUT2D eigenvalue weighted by Crippen LogP contribution is 2.25. The molecule has 2 aromatic carbocycles. The minimum atomic E-state index is -0.291. The van der Waals surface area contributed by atoms with E-state index >= 15 is 0 Å². The number of benzene rings is 2. The van der Waals surface area contributed by atoms with Crippen LogP contribution in [0.5, 0.6) is 0 Å². The fourth-order valence-electron chi connectivity index (χ4n) is 3.37. The van der Waals surface area contributed by atoms with Crippen LogP contribution in [0.3, 0.4) is 0 Å². The molecule has 2 heterocycles. The highest BCUT2D eigenvalue weighted by Gasteiger charge is 2.22. The fraction of sp³-hybridized carbons (Fsp3) is 0.227. The van der Waals surface area contributed by atoms with Gasteiger partial charge in [-0.15, -0.1) is 0 Å². The van der Waals surface area contributed by atoms with Crippen LogP contribution in [0.4, 0.5) is 0 Å². The number of para-hydroxylation sites is 2. The van der Waals surface area contributed by atoms with Gasteiger partial charge in [-0.05, 0) is 32.9 Å². The summed E-state index contributed by atoms with van der Waals surface area (Å²) in [5, 5.41) is 6.91. The summed E-state index contributed by atoms with van der Waals surface area (Å²) in [6.07, 6.45) is 0. The summed E-state index contributed by atoms with van der Waals surface area (Å²) in [6.45, 7) is 6.14. The standard InChI is InChI=1S/C22H22N4O2/c1-14(2)26-19-12-8-7-11-17(19)24-21(26)15(3)23-22(27)18-13-20(28-25-18)16-9-5-4-6-10-16/h4-15H,1-3H3,(H,23,27). The number of amides is 1. The van der Waals surface area contributed by atoms with Crippen LogP contribution >= 0.6 is 0 Å². The van der Waals surface area contributed by atoms with Crippen molar-refractivity contribution in [1.29, 1.82) is 0 Å². The number of rotatable bonds is 5. The molecule has 0 fully saturated rings. The molecule has 28 heavy (non-hydrogen) atoms. The number of nitrogens with one attached hydrogen (secondary N) is 1. The van der Waals surface area contributed by atoms with Crippen molar-refractivity contribution in [3.63, 3.8) is 0 Å². The van der Waals surface area contributed by atoms with Crippen LogP contribution in [0, 0.1) is 0 Å². The van der Waals surface area contributed by atoms with Gasteiger partial charge in [0.25, 0.3) is 5.91 Å². The smallest absolute Gasteiger partial charge is 0.274 e. The molecule has 0 radical (unpaired) electrons. The molecule has 0 saturated heterocycles. The molecule has 1 N–H and O–H groups in total. The van der Waals surface area contributed by atoms with E-state index in [0.29, 0.717) is 5.76 Å². The van der Waals surface area contributed by atoms with Crippen molar-refractivity contribution < 1.29 is 9.32 Å². The molecule has 0 bridgehead atoms. The molecule has 0 aliphatic rings. The zero-order valence-corrected chi connectivity index (χ0v) is 16.1. The summed E-state index contributed by atoms with van der Waals surface area (Å²) in [5.41, 5.74) is 3.10. The van der Waals surface area contributed by atoms with E-state index < -0.39 is 0 Å². The van der Waals surface area contributed by atoms with E-state index in [0.717, 1.165) is 22.4 Å². The predicted molar refractivity (Wildman–Crippen MR) is 108 cm³/mol. The Balaban J connectivity index is 1.58. The van der Waals surface area contributed by atoms with Crippen LogP contribution < -0.4 is 5.32 Å². The van der Waals surface area contributed by atoms with E-state index in [1.165, 1.54) is 0 Å². The SMILES string of the molecule is CC(NC(=O)c1cc(-c2ccccc2)on1)c1nc2ccccc2n1C(C)C. The lowest BCUT2D eigenvalue weighted by atomic mass is 10.1. The highest BCUT2D eigenvalue weighted by molar-refractivity contribution is 5.93. The number of carbonyl (C=O) groups is 1. The Labute approximate surface area is 163 Å². The maximum atomic E-state index is 12.7. The Hall–Kier alpha value is -3.41. The van der Waals surface area contributed by atoms with Gasteiger partial charge in [-0.25, -0.2) is 4.98 Å². The largest absolute Gasteiger partial charge is 0.355 e. The van der Waals surface area contributed by atoms with Crippen LogP contribution in [0.25, 0.3) is 22.4 Å². The first-order chi connectivity index (χ1) is 13.5. The van der Waals surface area contributed by atoms with Gasteiger partial charge < -0.3 is 14.4 Å². The van der Waals surface area contributed by atoms with Crippen LogP contribution in [-0.2, 0) is 0 Å². The van der Waals surface area contributed by atoms with Gasteiger partial charge in [0.15, 0.2) is 11.5 Å². The third-order valence-corrected chi connectivity index (χ3v) is 4.68. The van der Waals surface area contributed by atoms with Crippen molar-refractivity contribution in [2.75, 3.05) is 0 Å². The number of hydrogen-bond donors (Lipinski definition) is 1. The lowest BCUT2D eigenvalue weighted by Crippen LogP contribution is -2.29. The average molecular weight is 374 g/mol. The van der Waals surface area contributed by atoms with Crippen molar-refractivity contribution in [3.05, 3.63) is 72.2 Å². The Kier molecular flexibility index (Phi) is 4.69. The summed E-state index contributed by atoms with van der Waals surface area (Å²) >= 11 is 0. The van der Waals surface area contributed by atoms with Gasteiger partial charge in [-0.1, -0.05) is 47.6 Å². The highest BCUT2D eigenvalue weighted by atomic mass is 16.5. The second-order valence-electron chi connectivity index (χ2n) is 7.06. The first-order valence-electron chi connectivity index (χ1n) is 9.34. The second-order valence-corrected chi connectivity index (χ2v) is 7.06. The molecule has 4 rings (SSSR count). The molecule has 1 amide bonds. The third kappa shape index (κ3) is 3.29. The summed E-state index contributed by atoms with van der Waals surface area (Å²) in [5.74, 6) is 1.09. The van der Waals surface area contributed by atoms with Crippen molar-refractivity contribution in [1.82, 2.24) is 20.0 Å². The Bertz CT molecular complexity index is 1110. The van der Waals surface area contributed by atoms with E-state index in [1.54, 1.807) is 6.07 Å². The first-order valence-corrected chi connectivity index (χ1v) is 9.34. The lowest BCUT2D eigenvalue weighted by molar-refractivity contribution is 0.0928. The quantitative estimate of drug-likeness (QED) is 0.546. The molecule has 1 atom stereocenters. The van der Waals surface area contributed by atoms with Crippen LogP contribution in [-0.4, -0.2) is 20.6 Å². The molecule has 0 aliphatic carbocycles. The molecule has 142 valence electrons. The summed E-state index contributed by atoms with van der Waals surface area (Å²) in [7, 11) is 0. The lowest BCUT2D eigenvalue weighted by Gasteiger charge is -2.18. The summed E-state index contributed by atoms with van der Waals surface area (Å²) in [4.78, 5) is 17.4. The third-order valence-electron chi connectivity index (χ3n) is 4.68. The Morgan fingerprint density at radius 3 is 2.50 bits per heavy atom. The first kappa shape index (κ1) is 18.0. The van der Waals surface area contributed by atoms with Crippen molar-refractivity contribution in [2.24, 2.45) is 0 Å². The van der Waals surface area contributed by atoms with Crippen LogP contribution in [0.15, 0.2) is 65.2 Å². The van der Waals surface area contributed by atoms with Gasteiger partial charge >= 0.3 is 0 Å². The molecule has 2 aromatic heterocycles. The minimum absolute atomic E-state index is 0.221. The molecular weight excluding hydrogens is 352 g/mol. The summed E-state index contributed by atoms with van der Waals surface area (Å²) < 4.78 is 7.49. The fourth-order valence-corrected chi connectivity index (χ4v) is 3.37. The second kappa shape index (κ2) is 7.31. The maximum absolute atomic E-state index is 12.7. The number of hydrogen-bond acceptors (Lipinski definition) is 4. The molecule has 6 heteroatoms. The number of imidazole rings is 1. The molecule has 6 nitrogen and oxygen atoms in total. The molecule has 1 unspecified atom stereocenters. The van der Waals surface area contributed by atoms with Gasteiger partial charge in [0.1, 0.15) is 5.82 Å². The monoisotopic (exact) mass is 374 g/mol. The zero-order valence-electron chi connectivity index (χ0n) is 16.1. The molecular formula is C22H22N4O2. The maximum Gasteiger partial charge on any atom is 0.274 e. The topological polar surface area (TPSA) is 73.0 Å². The molecule has 0 saturated carbocycles. The number of aromatic nitrogens is 3. The molecule has 0 aliphatic heterocycles. The Morgan fingerprint density at radius 1 is 1.04 bits per heavy atom. The van der Waals surface area contributed by atoms with Crippen LogP contribution in [0.2, 0.25) is 0 Å². The van der Waals surface area contributed by atoms with Crippen molar-refractivity contribution in [3.8, 4) is 11.3 Å². The van der Waals surface area contributed by atoms with E-state index in [4.69, 9.17) is 9.51 Å².